The summed E-state index contributed by atoms with van der Waals surface area (Å²) >= 11 is 0. The summed E-state index contributed by atoms with van der Waals surface area (Å²) in [5, 5.41) is 0. The van der Waals surface area contributed by atoms with Crippen LogP contribution in [0.2, 0.25) is 0 Å². The maximum atomic E-state index is 2.00. The van der Waals surface area contributed by atoms with Crippen LogP contribution in [-0.2, 0) is 19.5 Å². The van der Waals surface area contributed by atoms with E-state index in [1.807, 2.05) is 40.5 Å². The third-order valence-electron chi connectivity index (χ3n) is 0. The predicted molar refractivity (Wildman–Crippen MR) is 31.3 cm³/mol. The SMILES string of the molecule is C[CH-]C.C[CH-]C.[Zn+2]. The Bertz CT molecular complexity index is 6.14. The molecule has 1 heteroatoms. The zero-order valence-electron chi connectivity index (χ0n) is 5.86. The molecule has 0 rings (SSSR count). The van der Waals surface area contributed by atoms with E-state index in [0.717, 1.165) is 0 Å². The fraction of sp³-hybridized carbons (Fsp3) is 0.667. The Morgan fingerprint density at radius 1 is 0.714 bits per heavy atom. The summed E-state index contributed by atoms with van der Waals surface area (Å²) in [5.41, 5.74) is 0. The summed E-state index contributed by atoms with van der Waals surface area (Å²) in [5.74, 6) is 0. The maximum absolute atomic E-state index is 2.00. The topological polar surface area (TPSA) is 0 Å². The zero-order chi connectivity index (χ0) is 5.41. The van der Waals surface area contributed by atoms with E-state index in [1.54, 1.807) is 0 Å². The van der Waals surface area contributed by atoms with Crippen LogP contribution in [0.5, 0.6) is 0 Å². The molecule has 0 aromatic rings. The second kappa shape index (κ2) is 30.4. The van der Waals surface area contributed by atoms with E-state index >= 15 is 0 Å². The Morgan fingerprint density at radius 3 is 0.714 bits per heavy atom. The first kappa shape index (κ1) is 15.6. The molecule has 0 unspecified atom stereocenters. The van der Waals surface area contributed by atoms with Crippen molar-refractivity contribution in [3.8, 4) is 0 Å². The van der Waals surface area contributed by atoms with Crippen LogP contribution in [0, 0.1) is 12.8 Å². The van der Waals surface area contributed by atoms with Gasteiger partial charge in [-0.05, 0) is 0 Å². The van der Waals surface area contributed by atoms with Crippen LogP contribution in [-0.4, -0.2) is 0 Å². The molecule has 0 aliphatic rings. The molecule has 0 radical (unpaired) electrons. The van der Waals surface area contributed by atoms with Crippen molar-refractivity contribution in [2.24, 2.45) is 0 Å². The third kappa shape index (κ3) is 364. The van der Waals surface area contributed by atoms with E-state index in [9.17, 15) is 0 Å². The van der Waals surface area contributed by atoms with Gasteiger partial charge in [0.1, 0.15) is 0 Å². The number of rotatable bonds is 0. The van der Waals surface area contributed by atoms with E-state index in [-0.39, 0.29) is 19.5 Å². The van der Waals surface area contributed by atoms with Crippen molar-refractivity contribution in [3.05, 3.63) is 12.8 Å². The zero-order valence-corrected chi connectivity index (χ0v) is 8.83. The molecule has 7 heavy (non-hydrogen) atoms. The van der Waals surface area contributed by atoms with Gasteiger partial charge < -0.3 is 12.8 Å². The normalized spacial score (nSPS) is 5.14. The monoisotopic (exact) mass is 150 g/mol. The van der Waals surface area contributed by atoms with Crippen molar-refractivity contribution in [1.82, 2.24) is 0 Å². The summed E-state index contributed by atoms with van der Waals surface area (Å²) in [4.78, 5) is 0. The van der Waals surface area contributed by atoms with Crippen LogP contribution >= 0.6 is 0 Å². The van der Waals surface area contributed by atoms with Gasteiger partial charge in [-0.15, -0.1) is 0 Å². The van der Waals surface area contributed by atoms with Gasteiger partial charge in [0.2, 0.25) is 0 Å². The van der Waals surface area contributed by atoms with Gasteiger partial charge in [0.15, 0.2) is 0 Å². The molecule has 0 bridgehead atoms. The molecule has 0 heterocycles. The first-order valence-corrected chi connectivity index (χ1v) is 2.31. The van der Waals surface area contributed by atoms with Crippen LogP contribution < -0.4 is 0 Å². The van der Waals surface area contributed by atoms with E-state index in [4.69, 9.17) is 0 Å². The summed E-state index contributed by atoms with van der Waals surface area (Å²) in [6, 6.07) is 0. The second-order valence-electron chi connectivity index (χ2n) is 1.15. The molecule has 0 aromatic carbocycles. The van der Waals surface area contributed by atoms with E-state index < -0.39 is 0 Å². The fourth-order valence-electron chi connectivity index (χ4n) is 0. The van der Waals surface area contributed by atoms with Crippen molar-refractivity contribution in [1.29, 1.82) is 0 Å². The largest absolute Gasteiger partial charge is 2.00 e. The quantitative estimate of drug-likeness (QED) is 0.369. The molecular weight excluding hydrogens is 137 g/mol. The Hall–Kier alpha value is 0.623. The van der Waals surface area contributed by atoms with Gasteiger partial charge in [-0.3, -0.25) is 0 Å². The van der Waals surface area contributed by atoms with Crippen LogP contribution in [0.15, 0.2) is 0 Å². The first-order chi connectivity index (χ1) is 2.83. The molecule has 0 fully saturated rings. The van der Waals surface area contributed by atoms with E-state index in [0.29, 0.717) is 0 Å². The van der Waals surface area contributed by atoms with E-state index in [1.165, 1.54) is 0 Å². The van der Waals surface area contributed by atoms with Gasteiger partial charge in [-0.25, -0.2) is 0 Å². The van der Waals surface area contributed by atoms with Crippen LogP contribution in [0.1, 0.15) is 27.7 Å². The average molecular weight is 152 g/mol. The average Bonchev–Trinajstić information content (AvgIpc) is 1.39. The van der Waals surface area contributed by atoms with Crippen molar-refractivity contribution >= 4 is 0 Å². The van der Waals surface area contributed by atoms with Crippen LogP contribution in [0.3, 0.4) is 0 Å². The van der Waals surface area contributed by atoms with Gasteiger partial charge in [-0.2, -0.15) is 27.7 Å². The molecule has 0 N–H and O–H groups in total. The molecule has 40 valence electrons. The molecule has 0 amide bonds. The van der Waals surface area contributed by atoms with Crippen molar-refractivity contribution in [2.75, 3.05) is 0 Å². The minimum atomic E-state index is 0. The smallest absolute Gasteiger partial charge is 0.335 e. The molecule has 0 aromatic heterocycles. The third-order valence-corrected chi connectivity index (χ3v) is 0. The Balaban J connectivity index is -0.0000000400. The predicted octanol–water partition coefficient (Wildman–Crippen LogP) is 2.46. The summed E-state index contributed by atoms with van der Waals surface area (Å²) in [7, 11) is 0. The Kier molecular flexibility index (Phi) is 68.0. The molecule has 0 atom stereocenters. The minimum Gasteiger partial charge on any atom is -0.335 e. The van der Waals surface area contributed by atoms with Crippen molar-refractivity contribution < 1.29 is 19.5 Å². The Morgan fingerprint density at radius 2 is 0.714 bits per heavy atom. The summed E-state index contributed by atoms with van der Waals surface area (Å²) in [6.45, 7) is 8.00. The molecule has 0 aliphatic heterocycles. The van der Waals surface area contributed by atoms with Gasteiger partial charge in [0, 0.05) is 0 Å². The van der Waals surface area contributed by atoms with E-state index in [2.05, 4.69) is 0 Å². The summed E-state index contributed by atoms with van der Waals surface area (Å²) in [6.07, 6.45) is 4.00. The molecule has 0 nitrogen and oxygen atoms in total. The molecular formula is C6H14Zn. The Labute approximate surface area is 60.5 Å². The fourth-order valence-corrected chi connectivity index (χ4v) is 0. The van der Waals surface area contributed by atoms with Gasteiger partial charge in [-0.1, -0.05) is 0 Å². The second-order valence-corrected chi connectivity index (χ2v) is 1.15. The molecule has 0 saturated heterocycles. The van der Waals surface area contributed by atoms with Gasteiger partial charge >= 0.3 is 19.5 Å². The summed E-state index contributed by atoms with van der Waals surface area (Å²) < 4.78 is 0. The molecule has 0 spiro atoms. The van der Waals surface area contributed by atoms with Crippen molar-refractivity contribution in [2.45, 2.75) is 27.7 Å². The van der Waals surface area contributed by atoms with Gasteiger partial charge in [0.05, 0.1) is 0 Å². The maximum Gasteiger partial charge on any atom is 2.00 e. The first-order valence-electron chi connectivity index (χ1n) is 2.31. The number of hydrogen-bond donors (Lipinski definition) is 0. The standard InChI is InChI=1S/2C3H7.Zn/c2*1-3-2;/h2*3H,1-2H3;/q2*-1;+2. The molecule has 0 aliphatic carbocycles. The minimum absolute atomic E-state index is 0. The van der Waals surface area contributed by atoms with Crippen LogP contribution in [0.4, 0.5) is 0 Å². The molecule has 0 saturated carbocycles. The van der Waals surface area contributed by atoms with Crippen molar-refractivity contribution in [3.63, 3.8) is 0 Å². The van der Waals surface area contributed by atoms with Gasteiger partial charge in [0.25, 0.3) is 0 Å². The van der Waals surface area contributed by atoms with Crippen LogP contribution in [0.25, 0.3) is 0 Å². The number of hydrogen-bond acceptors (Lipinski definition) is 0.